The van der Waals surface area contributed by atoms with Gasteiger partial charge in [0, 0.05) is 11.3 Å². The largest absolute Gasteiger partial charge is 0.494 e. The Morgan fingerprint density at radius 1 is 0.656 bits per heavy atom. The van der Waals surface area contributed by atoms with Crippen LogP contribution in [0.3, 0.4) is 0 Å². The lowest BCUT2D eigenvalue weighted by atomic mass is 10.1. The highest BCUT2D eigenvalue weighted by atomic mass is 32.2. The summed E-state index contributed by atoms with van der Waals surface area (Å²) in [5.41, 5.74) is 2.34. The number of unbranched alkanes of at least 4 members (excludes halogenated alkanes) is 10. The highest BCUT2D eigenvalue weighted by Gasteiger charge is 2.06. The molecule has 0 radical (unpaired) electrons. The normalized spacial score (nSPS) is 10.9. The summed E-state index contributed by atoms with van der Waals surface area (Å²) in [4.78, 5) is 13.2. The van der Waals surface area contributed by atoms with Gasteiger partial charge >= 0.3 is 0 Å². The van der Waals surface area contributed by atoms with Gasteiger partial charge in [0.05, 0.1) is 6.61 Å². The molecule has 0 aliphatic heterocycles. The van der Waals surface area contributed by atoms with Crippen molar-refractivity contribution in [1.82, 2.24) is 0 Å². The molecule has 0 atom stereocenters. The van der Waals surface area contributed by atoms with Crippen molar-refractivity contribution < 1.29 is 9.53 Å². The molecule has 0 bridgehead atoms. The fourth-order valence-corrected chi connectivity index (χ4v) is 4.55. The average molecular weight is 455 g/mol. The summed E-state index contributed by atoms with van der Waals surface area (Å²) in [5, 5.41) is 0.275. The zero-order valence-electron chi connectivity index (χ0n) is 20.2. The first kappa shape index (κ1) is 26.5. The van der Waals surface area contributed by atoms with Gasteiger partial charge in [-0.25, -0.2) is 0 Å². The van der Waals surface area contributed by atoms with Crippen LogP contribution in [0.1, 0.15) is 97.3 Å². The summed E-state index contributed by atoms with van der Waals surface area (Å²) >= 11 is 1.37. The van der Waals surface area contributed by atoms with E-state index in [0.717, 1.165) is 36.5 Å². The van der Waals surface area contributed by atoms with Gasteiger partial charge in [-0.05, 0) is 48.2 Å². The summed E-state index contributed by atoms with van der Waals surface area (Å²) in [7, 11) is 0. The molecule has 0 aliphatic rings. The Morgan fingerprint density at radius 2 is 1.16 bits per heavy atom. The molecule has 0 saturated heterocycles. The first-order valence-electron chi connectivity index (χ1n) is 12.8. The van der Waals surface area contributed by atoms with Gasteiger partial charge in [-0.15, -0.1) is 0 Å². The van der Waals surface area contributed by atoms with E-state index < -0.39 is 0 Å². The van der Waals surface area contributed by atoms with E-state index in [1.54, 1.807) is 0 Å². The number of benzene rings is 2. The van der Waals surface area contributed by atoms with Crippen molar-refractivity contribution in [3.63, 3.8) is 0 Å². The van der Waals surface area contributed by atoms with E-state index in [0.29, 0.717) is 6.42 Å². The molecule has 0 heterocycles. The van der Waals surface area contributed by atoms with Crippen LogP contribution >= 0.6 is 11.8 Å². The summed E-state index contributed by atoms with van der Waals surface area (Å²) in [6.45, 7) is 5.27. The number of rotatable bonds is 17. The predicted molar refractivity (Wildman–Crippen MR) is 140 cm³/mol. The molecule has 0 amide bonds. The fourth-order valence-electron chi connectivity index (χ4n) is 3.76. The quantitative estimate of drug-likeness (QED) is 0.176. The monoisotopic (exact) mass is 454 g/mol. The summed E-state index contributed by atoms with van der Waals surface area (Å²) in [5.74, 6) is 0.941. The van der Waals surface area contributed by atoms with Crippen molar-refractivity contribution in [3.8, 4) is 16.9 Å². The lowest BCUT2D eigenvalue weighted by molar-refractivity contribution is -0.111. The average Bonchev–Trinajstić information content (AvgIpc) is 2.81. The number of hydrogen-bond donors (Lipinski definition) is 0. The van der Waals surface area contributed by atoms with Crippen molar-refractivity contribution in [1.29, 1.82) is 0 Å². The second-order valence-electron chi connectivity index (χ2n) is 8.66. The van der Waals surface area contributed by atoms with Gasteiger partial charge < -0.3 is 4.74 Å². The Morgan fingerprint density at radius 3 is 1.75 bits per heavy atom. The van der Waals surface area contributed by atoms with Crippen LogP contribution < -0.4 is 4.74 Å². The third-order valence-electron chi connectivity index (χ3n) is 5.77. The van der Waals surface area contributed by atoms with Crippen molar-refractivity contribution >= 4 is 16.9 Å². The molecular weight excluding hydrogens is 412 g/mol. The highest BCUT2D eigenvalue weighted by molar-refractivity contribution is 8.13. The van der Waals surface area contributed by atoms with E-state index in [9.17, 15) is 4.79 Å². The van der Waals surface area contributed by atoms with Crippen LogP contribution in [0, 0.1) is 0 Å². The topological polar surface area (TPSA) is 26.3 Å². The van der Waals surface area contributed by atoms with Gasteiger partial charge in [0.1, 0.15) is 5.75 Å². The predicted octanol–water partition coefficient (Wildman–Crippen LogP) is 9.46. The van der Waals surface area contributed by atoms with Gasteiger partial charge in [0.15, 0.2) is 5.12 Å². The van der Waals surface area contributed by atoms with Crippen LogP contribution in [0.15, 0.2) is 53.4 Å². The minimum atomic E-state index is 0.275. The van der Waals surface area contributed by atoms with E-state index >= 15 is 0 Å². The highest BCUT2D eigenvalue weighted by Crippen LogP contribution is 2.27. The third kappa shape index (κ3) is 11.2. The molecule has 0 spiro atoms. The second kappa shape index (κ2) is 16.8. The van der Waals surface area contributed by atoms with Crippen molar-refractivity contribution in [3.05, 3.63) is 48.5 Å². The van der Waals surface area contributed by atoms with Gasteiger partial charge in [0.25, 0.3) is 0 Å². The van der Waals surface area contributed by atoms with Gasteiger partial charge in [0.2, 0.25) is 0 Å². The van der Waals surface area contributed by atoms with E-state index in [1.807, 2.05) is 0 Å². The molecule has 2 aromatic rings. The molecule has 0 N–H and O–H groups in total. The van der Waals surface area contributed by atoms with E-state index in [4.69, 9.17) is 4.74 Å². The zero-order valence-corrected chi connectivity index (χ0v) is 21.1. The summed E-state index contributed by atoms with van der Waals surface area (Å²) in [6.07, 6.45) is 15.7. The second-order valence-corrected chi connectivity index (χ2v) is 9.79. The molecule has 0 unspecified atom stereocenters. The molecule has 0 aliphatic carbocycles. The van der Waals surface area contributed by atoms with Crippen LogP contribution in [0.5, 0.6) is 5.75 Å². The van der Waals surface area contributed by atoms with Crippen molar-refractivity contribution in [2.75, 3.05) is 6.61 Å². The Balaban J connectivity index is 1.68. The van der Waals surface area contributed by atoms with Crippen molar-refractivity contribution in [2.45, 2.75) is 102 Å². The minimum Gasteiger partial charge on any atom is -0.494 e. The Bertz CT molecular complexity index is 737. The van der Waals surface area contributed by atoms with E-state index in [1.165, 1.54) is 80.7 Å². The van der Waals surface area contributed by atoms with Crippen molar-refractivity contribution in [2.24, 2.45) is 0 Å². The number of thioether (sulfide) groups is 1. The van der Waals surface area contributed by atoms with E-state index in [2.05, 4.69) is 62.4 Å². The van der Waals surface area contributed by atoms with Gasteiger partial charge in [-0.2, -0.15) is 0 Å². The maximum atomic E-state index is 12.2. The maximum absolute atomic E-state index is 12.2. The third-order valence-corrected chi connectivity index (χ3v) is 6.71. The number of ether oxygens (including phenoxy) is 1. The van der Waals surface area contributed by atoms with Crippen LogP contribution in [0.4, 0.5) is 0 Å². The maximum Gasteiger partial charge on any atom is 0.193 e. The Hall–Kier alpha value is -1.74. The standard InChI is InChI=1S/C29H42O2S/c1-3-5-7-9-10-12-14-24-31-27-20-16-25(17-21-27)26-18-22-28(23-19-26)32-29(30)15-13-11-8-6-4-2/h16-23H,3-15,24H2,1-2H3. The number of carbonyl (C=O) groups is 1. The molecule has 2 aromatic carbocycles. The lowest BCUT2D eigenvalue weighted by Crippen LogP contribution is -1.97. The smallest absolute Gasteiger partial charge is 0.193 e. The van der Waals surface area contributed by atoms with Crippen LogP contribution in [-0.2, 0) is 4.79 Å². The molecular formula is C29H42O2S. The molecule has 3 heteroatoms. The Labute approximate surface area is 200 Å². The van der Waals surface area contributed by atoms with Crippen LogP contribution in [0.2, 0.25) is 0 Å². The molecule has 2 rings (SSSR count). The molecule has 2 nitrogen and oxygen atoms in total. The Kier molecular flexibility index (Phi) is 13.9. The summed E-state index contributed by atoms with van der Waals surface area (Å²) in [6, 6.07) is 16.7. The first-order valence-corrected chi connectivity index (χ1v) is 13.6. The molecule has 176 valence electrons. The first-order chi connectivity index (χ1) is 15.7. The summed E-state index contributed by atoms with van der Waals surface area (Å²) < 4.78 is 5.90. The molecule has 0 saturated carbocycles. The zero-order chi connectivity index (χ0) is 22.9. The fraction of sp³-hybridized carbons (Fsp3) is 0.552. The number of hydrogen-bond acceptors (Lipinski definition) is 3. The van der Waals surface area contributed by atoms with Crippen LogP contribution in [0.25, 0.3) is 11.1 Å². The molecule has 0 aromatic heterocycles. The minimum absolute atomic E-state index is 0.275. The van der Waals surface area contributed by atoms with E-state index in [-0.39, 0.29) is 5.12 Å². The van der Waals surface area contributed by atoms with Crippen LogP contribution in [-0.4, -0.2) is 11.7 Å². The molecule has 0 fully saturated rings. The number of carbonyl (C=O) groups excluding carboxylic acids is 1. The SMILES string of the molecule is CCCCCCCCCOc1ccc(-c2ccc(SC(=O)CCCCCCC)cc2)cc1. The van der Waals surface area contributed by atoms with Gasteiger partial charge in [-0.1, -0.05) is 114 Å². The van der Waals surface area contributed by atoms with Gasteiger partial charge in [-0.3, -0.25) is 4.79 Å². The lowest BCUT2D eigenvalue weighted by Gasteiger charge is -2.08. The molecule has 32 heavy (non-hydrogen) atoms.